The lowest BCUT2D eigenvalue weighted by Crippen LogP contribution is -2.05. The Balaban J connectivity index is 1.66. The van der Waals surface area contributed by atoms with Crippen LogP contribution in [0.5, 0.6) is 5.75 Å². The number of nitrogens with two attached hydrogens (primary N) is 1. The van der Waals surface area contributed by atoms with E-state index in [0.717, 1.165) is 37.3 Å². The third-order valence-electron chi connectivity index (χ3n) is 2.77. The summed E-state index contributed by atoms with van der Waals surface area (Å²) in [5.41, 5.74) is 6.47. The summed E-state index contributed by atoms with van der Waals surface area (Å²) in [7, 11) is 0. The fourth-order valence-electron chi connectivity index (χ4n) is 1.78. The van der Waals surface area contributed by atoms with Gasteiger partial charge in [-0.1, -0.05) is 23.4 Å². The van der Waals surface area contributed by atoms with Crippen molar-refractivity contribution in [3.63, 3.8) is 0 Å². The first-order chi connectivity index (χ1) is 9.38. The van der Waals surface area contributed by atoms with Crippen molar-refractivity contribution < 1.29 is 4.74 Å². The smallest absolute Gasteiger partial charge is 0.119 e. The van der Waals surface area contributed by atoms with Crippen LogP contribution in [0.25, 0.3) is 0 Å². The van der Waals surface area contributed by atoms with Gasteiger partial charge in [0.15, 0.2) is 0 Å². The monoisotopic (exact) mass is 260 g/mol. The summed E-state index contributed by atoms with van der Waals surface area (Å²) in [6.45, 7) is 2.20. The van der Waals surface area contributed by atoms with Gasteiger partial charge in [0.1, 0.15) is 5.75 Å². The topological polar surface area (TPSA) is 66.0 Å². The van der Waals surface area contributed by atoms with E-state index in [-0.39, 0.29) is 0 Å². The SMILES string of the molecule is NCCCc1cn(CCCOc2ccccc2)nn1. The third-order valence-corrected chi connectivity index (χ3v) is 2.77. The molecule has 2 N–H and O–H groups in total. The number of aromatic nitrogens is 3. The zero-order valence-corrected chi connectivity index (χ0v) is 11.0. The van der Waals surface area contributed by atoms with Gasteiger partial charge in [-0.3, -0.25) is 4.68 Å². The maximum absolute atomic E-state index is 5.62. The molecule has 1 aromatic heterocycles. The van der Waals surface area contributed by atoms with E-state index in [4.69, 9.17) is 10.5 Å². The third kappa shape index (κ3) is 4.71. The maximum Gasteiger partial charge on any atom is 0.119 e. The van der Waals surface area contributed by atoms with Crippen molar-refractivity contribution in [1.82, 2.24) is 15.0 Å². The van der Waals surface area contributed by atoms with Crippen molar-refractivity contribution in [1.29, 1.82) is 0 Å². The van der Waals surface area contributed by atoms with Crippen LogP contribution in [0.1, 0.15) is 18.5 Å². The normalized spacial score (nSPS) is 10.6. The molecule has 2 rings (SSSR count). The number of hydrogen-bond donors (Lipinski definition) is 1. The lowest BCUT2D eigenvalue weighted by Gasteiger charge is -2.05. The number of rotatable bonds is 8. The minimum absolute atomic E-state index is 0.683. The van der Waals surface area contributed by atoms with E-state index >= 15 is 0 Å². The standard InChI is InChI=1S/C14H20N4O/c15-9-4-6-13-12-18(17-16-13)10-5-11-19-14-7-2-1-3-8-14/h1-3,7-8,12H,4-6,9-11,15H2. The molecule has 0 aliphatic rings. The van der Waals surface area contributed by atoms with Gasteiger partial charge >= 0.3 is 0 Å². The van der Waals surface area contributed by atoms with E-state index in [0.29, 0.717) is 13.2 Å². The van der Waals surface area contributed by atoms with E-state index in [1.165, 1.54) is 0 Å². The lowest BCUT2D eigenvalue weighted by molar-refractivity contribution is 0.298. The van der Waals surface area contributed by atoms with Gasteiger partial charge < -0.3 is 10.5 Å². The van der Waals surface area contributed by atoms with Crippen LogP contribution in [-0.4, -0.2) is 28.1 Å². The molecule has 19 heavy (non-hydrogen) atoms. The second kappa shape index (κ2) is 7.53. The number of ether oxygens (including phenoxy) is 1. The Kier molecular flexibility index (Phi) is 5.37. The molecule has 0 fully saturated rings. The van der Waals surface area contributed by atoms with Crippen LogP contribution in [0.3, 0.4) is 0 Å². The molecule has 2 aromatic rings. The molecule has 0 bridgehead atoms. The van der Waals surface area contributed by atoms with Gasteiger partial charge in [-0.15, -0.1) is 5.10 Å². The molecule has 5 heteroatoms. The molecular formula is C14H20N4O. The average molecular weight is 260 g/mol. The Hall–Kier alpha value is -1.88. The van der Waals surface area contributed by atoms with E-state index in [1.54, 1.807) is 0 Å². The van der Waals surface area contributed by atoms with Gasteiger partial charge in [-0.25, -0.2) is 0 Å². The Morgan fingerprint density at radius 1 is 1.16 bits per heavy atom. The molecule has 0 unspecified atom stereocenters. The Morgan fingerprint density at radius 3 is 2.79 bits per heavy atom. The molecule has 1 heterocycles. The number of benzene rings is 1. The summed E-state index contributed by atoms with van der Waals surface area (Å²) in [5.74, 6) is 0.907. The summed E-state index contributed by atoms with van der Waals surface area (Å²) in [5, 5.41) is 8.19. The van der Waals surface area contributed by atoms with Crippen LogP contribution < -0.4 is 10.5 Å². The zero-order chi connectivity index (χ0) is 13.3. The molecule has 0 radical (unpaired) electrons. The molecule has 0 aliphatic carbocycles. The fourth-order valence-corrected chi connectivity index (χ4v) is 1.78. The quantitative estimate of drug-likeness (QED) is 0.733. The highest BCUT2D eigenvalue weighted by molar-refractivity contribution is 5.20. The molecule has 0 amide bonds. The fraction of sp³-hybridized carbons (Fsp3) is 0.429. The molecule has 1 aromatic carbocycles. The summed E-state index contributed by atoms with van der Waals surface area (Å²) in [4.78, 5) is 0. The number of para-hydroxylation sites is 1. The van der Waals surface area contributed by atoms with Crippen molar-refractivity contribution in [2.45, 2.75) is 25.8 Å². The van der Waals surface area contributed by atoms with E-state index in [1.807, 2.05) is 41.2 Å². The Morgan fingerprint density at radius 2 is 2.00 bits per heavy atom. The van der Waals surface area contributed by atoms with Gasteiger partial charge in [0, 0.05) is 19.2 Å². The predicted octanol–water partition coefficient (Wildman–Crippen LogP) is 1.64. The summed E-state index contributed by atoms with van der Waals surface area (Å²) < 4.78 is 7.48. The summed E-state index contributed by atoms with van der Waals surface area (Å²) in [6.07, 6.45) is 4.75. The first-order valence-corrected chi connectivity index (χ1v) is 6.65. The molecule has 0 saturated heterocycles. The largest absolute Gasteiger partial charge is 0.494 e. The van der Waals surface area contributed by atoms with Gasteiger partial charge in [0.05, 0.1) is 12.3 Å². The number of aryl methyl sites for hydroxylation is 2. The van der Waals surface area contributed by atoms with Gasteiger partial charge in [0.25, 0.3) is 0 Å². The highest BCUT2D eigenvalue weighted by Crippen LogP contribution is 2.08. The summed E-state index contributed by atoms with van der Waals surface area (Å²) >= 11 is 0. The predicted molar refractivity (Wildman–Crippen MR) is 74.0 cm³/mol. The zero-order valence-electron chi connectivity index (χ0n) is 11.0. The molecule has 5 nitrogen and oxygen atoms in total. The lowest BCUT2D eigenvalue weighted by atomic mass is 10.2. The average Bonchev–Trinajstić information content (AvgIpc) is 2.90. The van der Waals surface area contributed by atoms with Crippen molar-refractivity contribution in [3.05, 3.63) is 42.2 Å². The molecule has 0 spiro atoms. The van der Waals surface area contributed by atoms with Crippen molar-refractivity contribution in [3.8, 4) is 5.75 Å². The van der Waals surface area contributed by atoms with Crippen LogP contribution >= 0.6 is 0 Å². The van der Waals surface area contributed by atoms with Crippen molar-refractivity contribution in [2.75, 3.05) is 13.2 Å². The summed E-state index contributed by atoms with van der Waals surface area (Å²) in [6, 6.07) is 9.83. The highest BCUT2D eigenvalue weighted by Gasteiger charge is 2.00. The second-order valence-electron chi connectivity index (χ2n) is 4.38. The molecule has 0 atom stereocenters. The van der Waals surface area contributed by atoms with E-state index < -0.39 is 0 Å². The van der Waals surface area contributed by atoms with Crippen LogP contribution in [-0.2, 0) is 13.0 Å². The van der Waals surface area contributed by atoms with Crippen molar-refractivity contribution in [2.24, 2.45) is 5.73 Å². The molecule has 0 aliphatic heterocycles. The first-order valence-electron chi connectivity index (χ1n) is 6.65. The minimum Gasteiger partial charge on any atom is -0.494 e. The number of hydrogen-bond acceptors (Lipinski definition) is 4. The molecule has 102 valence electrons. The van der Waals surface area contributed by atoms with Gasteiger partial charge in [0.2, 0.25) is 0 Å². The van der Waals surface area contributed by atoms with E-state index in [2.05, 4.69) is 10.3 Å². The first kappa shape index (κ1) is 13.5. The van der Waals surface area contributed by atoms with Crippen LogP contribution in [0.15, 0.2) is 36.5 Å². The van der Waals surface area contributed by atoms with Gasteiger partial charge in [-0.05, 0) is 31.5 Å². The van der Waals surface area contributed by atoms with Gasteiger partial charge in [-0.2, -0.15) is 0 Å². The number of nitrogens with zero attached hydrogens (tertiary/aromatic N) is 3. The van der Waals surface area contributed by atoms with E-state index in [9.17, 15) is 0 Å². The Bertz CT molecular complexity index is 469. The highest BCUT2D eigenvalue weighted by atomic mass is 16.5. The molecular weight excluding hydrogens is 240 g/mol. The Labute approximate surface area is 113 Å². The van der Waals surface area contributed by atoms with Crippen LogP contribution in [0.4, 0.5) is 0 Å². The van der Waals surface area contributed by atoms with Crippen LogP contribution in [0, 0.1) is 0 Å². The minimum atomic E-state index is 0.683. The maximum atomic E-state index is 5.62. The molecule has 0 saturated carbocycles. The van der Waals surface area contributed by atoms with Crippen LogP contribution in [0.2, 0.25) is 0 Å². The second-order valence-corrected chi connectivity index (χ2v) is 4.38. The van der Waals surface area contributed by atoms with Crippen molar-refractivity contribution >= 4 is 0 Å².